The van der Waals surface area contributed by atoms with Crippen LogP contribution in [0.5, 0.6) is 0 Å². The number of hydrogen-bond donors (Lipinski definition) is 3. The quantitative estimate of drug-likeness (QED) is 0.569. The fourth-order valence-electron chi connectivity index (χ4n) is 1.60. The van der Waals surface area contributed by atoms with Crippen LogP contribution in [0.15, 0.2) is 0 Å². The largest absolute Gasteiger partial charge is 0.392 e. The van der Waals surface area contributed by atoms with Gasteiger partial charge in [0.1, 0.15) is 0 Å². The maximum atomic E-state index is 9.13. The van der Waals surface area contributed by atoms with Gasteiger partial charge in [0.05, 0.1) is 6.10 Å². The van der Waals surface area contributed by atoms with Crippen molar-refractivity contribution in [3.63, 3.8) is 0 Å². The van der Waals surface area contributed by atoms with Crippen LogP contribution in [0.3, 0.4) is 0 Å². The summed E-state index contributed by atoms with van der Waals surface area (Å²) in [7, 11) is 0. The standard InChI is InChI=1S/C9H20N2O/c1-7(12)9(10)6-11-8-4-2-3-5-8/h7-9,11-12H,2-6,10H2,1H3. The summed E-state index contributed by atoms with van der Waals surface area (Å²) < 4.78 is 0. The lowest BCUT2D eigenvalue weighted by atomic mass is 10.2. The van der Waals surface area contributed by atoms with Crippen molar-refractivity contribution in [2.24, 2.45) is 5.73 Å². The molecule has 4 N–H and O–H groups in total. The molecule has 1 aliphatic rings. The van der Waals surface area contributed by atoms with Gasteiger partial charge in [-0.1, -0.05) is 12.8 Å². The van der Waals surface area contributed by atoms with Crippen molar-refractivity contribution in [2.45, 2.75) is 50.8 Å². The third-order valence-electron chi connectivity index (χ3n) is 2.62. The second kappa shape index (κ2) is 4.80. The highest BCUT2D eigenvalue weighted by Crippen LogP contribution is 2.17. The summed E-state index contributed by atoms with van der Waals surface area (Å²) in [6.07, 6.45) is 4.81. The van der Waals surface area contributed by atoms with Crippen molar-refractivity contribution < 1.29 is 5.11 Å². The molecule has 1 saturated carbocycles. The zero-order chi connectivity index (χ0) is 8.97. The lowest BCUT2D eigenvalue weighted by molar-refractivity contribution is 0.160. The number of aliphatic hydroxyl groups is 1. The SMILES string of the molecule is CC(O)C(N)CNC1CCCC1. The fourth-order valence-corrected chi connectivity index (χ4v) is 1.60. The van der Waals surface area contributed by atoms with Gasteiger partial charge in [0.25, 0.3) is 0 Å². The van der Waals surface area contributed by atoms with Crippen LogP contribution in [0.25, 0.3) is 0 Å². The van der Waals surface area contributed by atoms with Gasteiger partial charge in [-0.15, -0.1) is 0 Å². The molecule has 0 heterocycles. The maximum absolute atomic E-state index is 9.13. The fraction of sp³-hybridized carbons (Fsp3) is 1.00. The van der Waals surface area contributed by atoms with E-state index in [1.807, 2.05) is 0 Å². The van der Waals surface area contributed by atoms with Crippen LogP contribution in [0, 0.1) is 0 Å². The van der Waals surface area contributed by atoms with Gasteiger partial charge in [0, 0.05) is 18.6 Å². The third-order valence-corrected chi connectivity index (χ3v) is 2.62. The van der Waals surface area contributed by atoms with Crippen molar-refractivity contribution in [3.05, 3.63) is 0 Å². The molecule has 1 rings (SSSR count). The van der Waals surface area contributed by atoms with Gasteiger partial charge in [-0.05, 0) is 19.8 Å². The third kappa shape index (κ3) is 3.09. The first kappa shape index (κ1) is 9.96. The molecule has 2 unspecified atom stereocenters. The summed E-state index contributed by atoms with van der Waals surface area (Å²) in [5.41, 5.74) is 5.68. The monoisotopic (exact) mass is 172 g/mol. The normalized spacial score (nSPS) is 24.2. The molecule has 0 aromatic heterocycles. The highest BCUT2D eigenvalue weighted by atomic mass is 16.3. The minimum absolute atomic E-state index is 0.120. The molecule has 0 spiro atoms. The second-order valence-corrected chi connectivity index (χ2v) is 3.79. The van der Waals surface area contributed by atoms with E-state index in [1.165, 1.54) is 25.7 Å². The summed E-state index contributed by atoms with van der Waals surface area (Å²) in [5, 5.41) is 12.5. The van der Waals surface area contributed by atoms with E-state index in [2.05, 4.69) is 5.32 Å². The molecule has 3 heteroatoms. The Balaban J connectivity index is 2.07. The minimum atomic E-state index is -0.404. The van der Waals surface area contributed by atoms with E-state index in [-0.39, 0.29) is 6.04 Å². The van der Waals surface area contributed by atoms with E-state index in [9.17, 15) is 0 Å². The van der Waals surface area contributed by atoms with E-state index in [0.29, 0.717) is 6.04 Å². The number of nitrogens with one attached hydrogen (secondary N) is 1. The molecule has 0 aromatic rings. The first-order valence-electron chi connectivity index (χ1n) is 4.87. The highest BCUT2D eigenvalue weighted by Gasteiger charge is 2.16. The van der Waals surface area contributed by atoms with E-state index in [4.69, 9.17) is 10.8 Å². The lowest BCUT2D eigenvalue weighted by Crippen LogP contribution is -2.44. The van der Waals surface area contributed by atoms with Crippen molar-refractivity contribution in [2.75, 3.05) is 6.54 Å². The van der Waals surface area contributed by atoms with Gasteiger partial charge < -0.3 is 16.2 Å². The van der Waals surface area contributed by atoms with E-state index in [1.54, 1.807) is 6.92 Å². The molecular formula is C9H20N2O. The Labute approximate surface area is 74.3 Å². The smallest absolute Gasteiger partial charge is 0.0675 e. The average Bonchev–Trinajstić information content (AvgIpc) is 2.51. The number of hydrogen-bond acceptors (Lipinski definition) is 3. The Morgan fingerprint density at radius 3 is 2.58 bits per heavy atom. The topological polar surface area (TPSA) is 58.3 Å². The molecule has 0 radical (unpaired) electrons. The Hall–Kier alpha value is -0.120. The van der Waals surface area contributed by atoms with Crippen LogP contribution < -0.4 is 11.1 Å². The van der Waals surface area contributed by atoms with E-state index < -0.39 is 6.10 Å². The van der Waals surface area contributed by atoms with E-state index >= 15 is 0 Å². The molecule has 1 fully saturated rings. The van der Waals surface area contributed by atoms with Crippen LogP contribution in [-0.2, 0) is 0 Å². The zero-order valence-corrected chi connectivity index (χ0v) is 7.79. The van der Waals surface area contributed by atoms with Gasteiger partial charge in [-0.2, -0.15) is 0 Å². The molecule has 72 valence electrons. The summed E-state index contributed by atoms with van der Waals surface area (Å²) in [4.78, 5) is 0. The van der Waals surface area contributed by atoms with Crippen molar-refractivity contribution >= 4 is 0 Å². The molecule has 0 amide bonds. The van der Waals surface area contributed by atoms with Crippen LogP contribution in [-0.4, -0.2) is 29.8 Å². The number of rotatable bonds is 4. The van der Waals surface area contributed by atoms with Gasteiger partial charge in [-0.25, -0.2) is 0 Å². The van der Waals surface area contributed by atoms with Crippen LogP contribution >= 0.6 is 0 Å². The summed E-state index contributed by atoms with van der Waals surface area (Å²) in [6, 6.07) is 0.528. The maximum Gasteiger partial charge on any atom is 0.0675 e. The predicted octanol–water partition coefficient (Wildman–Crippen LogP) is 0.227. The van der Waals surface area contributed by atoms with Crippen LogP contribution in [0.4, 0.5) is 0 Å². The Morgan fingerprint density at radius 1 is 1.50 bits per heavy atom. The molecule has 3 nitrogen and oxygen atoms in total. The van der Waals surface area contributed by atoms with Gasteiger partial charge in [0.15, 0.2) is 0 Å². The van der Waals surface area contributed by atoms with Crippen molar-refractivity contribution in [1.29, 1.82) is 0 Å². The number of aliphatic hydroxyl groups excluding tert-OH is 1. The van der Waals surface area contributed by atoms with Gasteiger partial charge in [-0.3, -0.25) is 0 Å². The summed E-state index contributed by atoms with van der Waals surface area (Å²) in [6.45, 7) is 2.48. The zero-order valence-electron chi connectivity index (χ0n) is 7.79. The highest BCUT2D eigenvalue weighted by molar-refractivity contribution is 4.77. The lowest BCUT2D eigenvalue weighted by Gasteiger charge is -2.18. The van der Waals surface area contributed by atoms with E-state index in [0.717, 1.165) is 6.54 Å². The molecule has 0 aliphatic heterocycles. The molecule has 0 bridgehead atoms. The molecule has 1 aliphatic carbocycles. The summed E-state index contributed by atoms with van der Waals surface area (Å²) >= 11 is 0. The Kier molecular flexibility index (Phi) is 3.98. The molecule has 0 saturated heterocycles. The van der Waals surface area contributed by atoms with Gasteiger partial charge >= 0.3 is 0 Å². The average molecular weight is 172 g/mol. The molecule has 12 heavy (non-hydrogen) atoms. The predicted molar refractivity (Wildman–Crippen MR) is 49.9 cm³/mol. The molecule has 0 aromatic carbocycles. The second-order valence-electron chi connectivity index (χ2n) is 3.79. The summed E-state index contributed by atoms with van der Waals surface area (Å²) in [5.74, 6) is 0. The van der Waals surface area contributed by atoms with Crippen molar-refractivity contribution in [3.8, 4) is 0 Å². The molecular weight excluding hydrogens is 152 g/mol. The first-order chi connectivity index (χ1) is 5.70. The van der Waals surface area contributed by atoms with Crippen LogP contribution in [0.2, 0.25) is 0 Å². The van der Waals surface area contributed by atoms with Crippen LogP contribution in [0.1, 0.15) is 32.6 Å². The first-order valence-corrected chi connectivity index (χ1v) is 4.87. The Bertz CT molecular complexity index is 120. The number of nitrogens with two attached hydrogens (primary N) is 1. The van der Waals surface area contributed by atoms with Gasteiger partial charge in [0.2, 0.25) is 0 Å². The molecule has 2 atom stereocenters. The van der Waals surface area contributed by atoms with Crippen molar-refractivity contribution in [1.82, 2.24) is 5.32 Å². The minimum Gasteiger partial charge on any atom is -0.392 e. The Morgan fingerprint density at radius 2 is 2.08 bits per heavy atom.